The molecule has 1 fully saturated rings. The number of nitrogens with zero attached hydrogens (tertiary/aromatic N) is 3. The number of aromatic nitrogens is 2. The smallest absolute Gasteiger partial charge is 0.137 e. The number of nitrogens with two attached hydrogens (primary N) is 1. The van der Waals surface area contributed by atoms with Crippen molar-refractivity contribution in [1.29, 1.82) is 0 Å². The Hall–Kier alpha value is -1.36. The minimum absolute atomic E-state index is 0.578. The zero-order chi connectivity index (χ0) is 12.3. The molecule has 2 rings (SSSR count). The first-order valence-electron chi connectivity index (χ1n) is 6.03. The van der Waals surface area contributed by atoms with Crippen molar-refractivity contribution >= 4 is 11.6 Å². The van der Waals surface area contributed by atoms with Gasteiger partial charge in [-0.3, -0.25) is 0 Å². The van der Waals surface area contributed by atoms with Gasteiger partial charge < -0.3 is 15.4 Å². The van der Waals surface area contributed by atoms with E-state index in [1.807, 2.05) is 6.92 Å². The van der Waals surface area contributed by atoms with Crippen molar-refractivity contribution in [2.75, 3.05) is 37.4 Å². The van der Waals surface area contributed by atoms with Crippen molar-refractivity contribution in [3.63, 3.8) is 0 Å². The minimum Gasteiger partial charge on any atom is -0.384 e. The van der Waals surface area contributed by atoms with Gasteiger partial charge >= 0.3 is 0 Å². The first kappa shape index (κ1) is 12.1. The van der Waals surface area contributed by atoms with Crippen LogP contribution in [0.2, 0.25) is 0 Å². The van der Waals surface area contributed by atoms with Crippen LogP contribution in [0.4, 0.5) is 11.6 Å². The van der Waals surface area contributed by atoms with E-state index in [9.17, 15) is 0 Å². The molecule has 1 aromatic heterocycles. The Labute approximate surface area is 102 Å². The number of piperidine rings is 1. The van der Waals surface area contributed by atoms with Crippen molar-refractivity contribution in [3.05, 3.63) is 11.9 Å². The van der Waals surface area contributed by atoms with Crippen molar-refractivity contribution in [1.82, 2.24) is 9.97 Å². The Morgan fingerprint density at radius 2 is 2.12 bits per heavy atom. The van der Waals surface area contributed by atoms with Crippen LogP contribution in [0.1, 0.15) is 18.4 Å². The van der Waals surface area contributed by atoms with E-state index in [2.05, 4.69) is 14.9 Å². The molecule has 0 saturated carbocycles. The highest BCUT2D eigenvalue weighted by atomic mass is 16.5. The quantitative estimate of drug-likeness (QED) is 0.855. The van der Waals surface area contributed by atoms with Gasteiger partial charge in [-0.2, -0.15) is 0 Å². The SMILES string of the molecule is COCC1CCN(c2ncnc(N)c2C)CC1. The van der Waals surface area contributed by atoms with Crippen molar-refractivity contribution in [3.8, 4) is 0 Å². The van der Waals surface area contributed by atoms with Crippen LogP contribution in [0, 0.1) is 12.8 Å². The summed E-state index contributed by atoms with van der Waals surface area (Å²) in [6.45, 7) is 4.88. The molecule has 0 aliphatic carbocycles. The van der Waals surface area contributed by atoms with Gasteiger partial charge in [0.05, 0.1) is 0 Å². The zero-order valence-electron chi connectivity index (χ0n) is 10.5. The summed E-state index contributed by atoms with van der Waals surface area (Å²) < 4.78 is 5.20. The van der Waals surface area contributed by atoms with Crippen LogP contribution in [-0.2, 0) is 4.74 Å². The third-order valence-electron chi connectivity index (χ3n) is 3.41. The van der Waals surface area contributed by atoms with E-state index in [1.54, 1.807) is 13.4 Å². The van der Waals surface area contributed by atoms with E-state index in [0.717, 1.165) is 43.9 Å². The second-order valence-electron chi connectivity index (χ2n) is 4.59. The van der Waals surface area contributed by atoms with E-state index in [-0.39, 0.29) is 0 Å². The summed E-state index contributed by atoms with van der Waals surface area (Å²) in [4.78, 5) is 10.6. The molecule has 17 heavy (non-hydrogen) atoms. The molecule has 0 spiro atoms. The van der Waals surface area contributed by atoms with Crippen molar-refractivity contribution in [2.45, 2.75) is 19.8 Å². The Morgan fingerprint density at radius 1 is 1.41 bits per heavy atom. The molecule has 1 aliphatic rings. The maximum Gasteiger partial charge on any atom is 0.137 e. The van der Waals surface area contributed by atoms with Gasteiger partial charge in [0.15, 0.2) is 0 Å². The van der Waals surface area contributed by atoms with Gasteiger partial charge in [-0.05, 0) is 25.7 Å². The fraction of sp³-hybridized carbons (Fsp3) is 0.667. The maximum absolute atomic E-state index is 5.80. The van der Waals surface area contributed by atoms with Crippen LogP contribution in [0.25, 0.3) is 0 Å². The molecule has 0 bridgehead atoms. The van der Waals surface area contributed by atoms with Crippen LogP contribution >= 0.6 is 0 Å². The number of anilines is 2. The summed E-state index contributed by atoms with van der Waals surface area (Å²) in [7, 11) is 1.77. The van der Waals surface area contributed by atoms with Gasteiger partial charge in [-0.15, -0.1) is 0 Å². The molecule has 1 aliphatic heterocycles. The van der Waals surface area contributed by atoms with Gasteiger partial charge in [0.2, 0.25) is 0 Å². The minimum atomic E-state index is 0.578. The fourth-order valence-corrected chi connectivity index (χ4v) is 2.32. The standard InChI is InChI=1S/C12H20N4O/c1-9-11(13)14-8-15-12(9)16-5-3-10(4-6-16)7-17-2/h8,10H,3-7H2,1-2H3,(H2,13,14,15). The lowest BCUT2D eigenvalue weighted by atomic mass is 9.97. The molecule has 2 N–H and O–H groups in total. The summed E-state index contributed by atoms with van der Waals surface area (Å²) in [6.07, 6.45) is 3.84. The summed E-state index contributed by atoms with van der Waals surface area (Å²) in [5.41, 5.74) is 6.79. The molecule has 5 heteroatoms. The lowest BCUT2D eigenvalue weighted by Gasteiger charge is -2.33. The van der Waals surface area contributed by atoms with Crippen molar-refractivity contribution in [2.24, 2.45) is 5.92 Å². The highest BCUT2D eigenvalue weighted by Crippen LogP contribution is 2.25. The first-order chi connectivity index (χ1) is 8.22. The average molecular weight is 236 g/mol. The first-order valence-corrected chi connectivity index (χ1v) is 6.03. The summed E-state index contributed by atoms with van der Waals surface area (Å²) in [6, 6.07) is 0. The van der Waals surface area contributed by atoms with Gasteiger partial charge in [-0.25, -0.2) is 9.97 Å². The Morgan fingerprint density at radius 3 is 2.76 bits per heavy atom. The highest BCUT2D eigenvalue weighted by molar-refractivity contribution is 5.55. The summed E-state index contributed by atoms with van der Waals surface area (Å²) in [5.74, 6) is 2.23. The molecule has 0 amide bonds. The Bertz CT molecular complexity index is 375. The summed E-state index contributed by atoms with van der Waals surface area (Å²) in [5, 5.41) is 0. The van der Waals surface area contributed by atoms with E-state index in [1.165, 1.54) is 0 Å². The molecule has 5 nitrogen and oxygen atoms in total. The molecule has 1 saturated heterocycles. The molecule has 0 radical (unpaired) electrons. The Kier molecular flexibility index (Phi) is 3.78. The maximum atomic E-state index is 5.80. The van der Waals surface area contributed by atoms with Crippen LogP contribution in [-0.4, -0.2) is 36.8 Å². The molecular formula is C12H20N4O. The van der Waals surface area contributed by atoms with E-state index in [4.69, 9.17) is 10.5 Å². The topological polar surface area (TPSA) is 64.3 Å². The van der Waals surface area contributed by atoms with Gasteiger partial charge in [-0.1, -0.05) is 0 Å². The lowest BCUT2D eigenvalue weighted by Crippen LogP contribution is -2.36. The average Bonchev–Trinajstić information content (AvgIpc) is 2.34. The van der Waals surface area contributed by atoms with Crippen molar-refractivity contribution < 1.29 is 4.74 Å². The summed E-state index contributed by atoms with van der Waals surface area (Å²) >= 11 is 0. The van der Waals surface area contributed by atoms with Crippen LogP contribution < -0.4 is 10.6 Å². The van der Waals surface area contributed by atoms with E-state index < -0.39 is 0 Å². The molecule has 94 valence electrons. The molecule has 0 aromatic carbocycles. The third-order valence-corrected chi connectivity index (χ3v) is 3.41. The molecule has 2 heterocycles. The van der Waals surface area contributed by atoms with Crippen LogP contribution in [0.15, 0.2) is 6.33 Å². The van der Waals surface area contributed by atoms with E-state index in [0.29, 0.717) is 11.7 Å². The number of rotatable bonds is 3. The third kappa shape index (κ3) is 2.66. The second-order valence-corrected chi connectivity index (χ2v) is 4.59. The number of hydrogen-bond donors (Lipinski definition) is 1. The number of nitrogen functional groups attached to an aromatic ring is 1. The Balaban J connectivity index is 2.03. The van der Waals surface area contributed by atoms with Crippen LogP contribution in [0.5, 0.6) is 0 Å². The number of ether oxygens (including phenoxy) is 1. The van der Waals surface area contributed by atoms with Gasteiger partial charge in [0, 0.05) is 32.4 Å². The molecule has 0 unspecified atom stereocenters. The number of methoxy groups -OCH3 is 1. The monoisotopic (exact) mass is 236 g/mol. The molecular weight excluding hydrogens is 216 g/mol. The lowest BCUT2D eigenvalue weighted by molar-refractivity contribution is 0.139. The molecule has 0 atom stereocenters. The predicted octanol–water partition coefficient (Wildman–Crippen LogP) is 1.23. The fourth-order valence-electron chi connectivity index (χ4n) is 2.32. The van der Waals surface area contributed by atoms with Gasteiger partial charge in [0.25, 0.3) is 0 Å². The molecule has 1 aromatic rings. The second kappa shape index (κ2) is 5.31. The normalized spacial score (nSPS) is 17.4. The van der Waals surface area contributed by atoms with E-state index >= 15 is 0 Å². The zero-order valence-corrected chi connectivity index (χ0v) is 10.5. The highest BCUT2D eigenvalue weighted by Gasteiger charge is 2.21. The largest absolute Gasteiger partial charge is 0.384 e. The number of hydrogen-bond acceptors (Lipinski definition) is 5. The van der Waals surface area contributed by atoms with Gasteiger partial charge in [0.1, 0.15) is 18.0 Å². The predicted molar refractivity (Wildman–Crippen MR) is 68.0 cm³/mol. The van der Waals surface area contributed by atoms with Crippen LogP contribution in [0.3, 0.4) is 0 Å².